The van der Waals surface area contributed by atoms with Crippen LogP contribution in [0.5, 0.6) is 0 Å². The van der Waals surface area contributed by atoms with Gasteiger partial charge in [0.05, 0.1) is 13.1 Å². The molecule has 1 fully saturated rings. The maximum Gasteiger partial charge on any atom is 0.234 e. The highest BCUT2D eigenvalue weighted by molar-refractivity contribution is 8.03. The molecule has 1 aliphatic rings. The van der Waals surface area contributed by atoms with Crippen molar-refractivity contribution < 1.29 is 4.79 Å². The van der Waals surface area contributed by atoms with Gasteiger partial charge in [0.15, 0.2) is 0 Å². The Hall–Kier alpha value is -0.240. The molecule has 2 rings (SSSR count). The summed E-state index contributed by atoms with van der Waals surface area (Å²) in [6.07, 6.45) is 1.76. The van der Waals surface area contributed by atoms with Gasteiger partial charge in [0.25, 0.3) is 0 Å². The molecule has 0 aliphatic carbocycles. The van der Waals surface area contributed by atoms with E-state index in [2.05, 4.69) is 15.2 Å². The Bertz CT molecular complexity index is 337. The van der Waals surface area contributed by atoms with Crippen molar-refractivity contribution in [1.29, 1.82) is 0 Å². The summed E-state index contributed by atoms with van der Waals surface area (Å²) in [6, 6.07) is 0. The number of hydrogen-bond acceptors (Lipinski definition) is 6. The fourth-order valence-corrected chi connectivity index (χ4v) is 4.16. The van der Waals surface area contributed by atoms with Crippen molar-refractivity contribution in [3.05, 3.63) is 16.6 Å². The number of hydrogen-bond donors (Lipinski definition) is 1. The molecule has 1 saturated heterocycles. The van der Waals surface area contributed by atoms with Crippen LogP contribution < -0.4 is 5.32 Å². The van der Waals surface area contributed by atoms with Crippen molar-refractivity contribution >= 4 is 40.8 Å². The molecule has 1 aromatic rings. The van der Waals surface area contributed by atoms with Gasteiger partial charge < -0.3 is 5.32 Å². The minimum absolute atomic E-state index is 0.0864. The van der Waals surface area contributed by atoms with Crippen molar-refractivity contribution in [1.82, 2.24) is 15.2 Å². The van der Waals surface area contributed by atoms with Gasteiger partial charge in [-0.2, -0.15) is 0 Å². The number of nitrogens with one attached hydrogen (secondary N) is 1. The van der Waals surface area contributed by atoms with E-state index in [1.54, 1.807) is 17.5 Å². The van der Waals surface area contributed by atoms with Crippen LogP contribution in [-0.4, -0.2) is 45.6 Å². The molecular formula is C10H15N3OS3. The van der Waals surface area contributed by atoms with Crippen LogP contribution >= 0.6 is 34.9 Å². The summed E-state index contributed by atoms with van der Waals surface area (Å²) in [7, 11) is 0. The molecule has 1 N–H and O–H groups in total. The Balaban J connectivity index is 1.69. The van der Waals surface area contributed by atoms with Gasteiger partial charge in [-0.25, -0.2) is 4.98 Å². The second-order valence-corrected chi connectivity index (χ2v) is 6.73. The fraction of sp³-hybridized carbons (Fsp3) is 0.600. The molecule has 2 heterocycles. The number of nitrogens with zero attached hydrogens (tertiary/aromatic N) is 2. The summed E-state index contributed by atoms with van der Waals surface area (Å²) in [5, 5.41) is 5.78. The predicted octanol–water partition coefficient (Wildman–Crippen LogP) is 1.46. The van der Waals surface area contributed by atoms with Crippen LogP contribution in [0.3, 0.4) is 0 Å². The summed E-state index contributed by atoms with van der Waals surface area (Å²) in [4.78, 5) is 18.0. The third-order valence-electron chi connectivity index (χ3n) is 2.21. The average Bonchev–Trinajstić information content (AvgIpc) is 2.72. The van der Waals surface area contributed by atoms with Crippen LogP contribution in [0.4, 0.5) is 0 Å². The number of aromatic nitrogens is 1. The second-order valence-electron chi connectivity index (χ2n) is 3.61. The Labute approximate surface area is 114 Å². The quantitative estimate of drug-likeness (QED) is 0.909. The highest BCUT2D eigenvalue weighted by Crippen LogP contribution is 2.16. The van der Waals surface area contributed by atoms with Crippen LogP contribution in [-0.2, 0) is 11.3 Å². The van der Waals surface area contributed by atoms with Gasteiger partial charge in [-0.3, -0.25) is 9.69 Å². The van der Waals surface area contributed by atoms with Gasteiger partial charge in [-0.05, 0) is 0 Å². The van der Waals surface area contributed by atoms with E-state index in [1.165, 1.54) is 11.5 Å². The fourth-order valence-electron chi connectivity index (χ4n) is 1.41. The van der Waals surface area contributed by atoms with Gasteiger partial charge in [0, 0.05) is 34.8 Å². The van der Waals surface area contributed by atoms with Crippen molar-refractivity contribution in [3.8, 4) is 0 Å². The van der Waals surface area contributed by atoms with Crippen LogP contribution in [0.15, 0.2) is 11.6 Å². The number of carbonyl (C=O) groups excluding carboxylic acids is 1. The number of carbonyl (C=O) groups is 1. The molecule has 0 bridgehead atoms. The van der Waals surface area contributed by atoms with E-state index in [0.717, 1.165) is 16.8 Å². The molecule has 7 heteroatoms. The van der Waals surface area contributed by atoms with Gasteiger partial charge in [0.2, 0.25) is 5.91 Å². The van der Waals surface area contributed by atoms with Crippen molar-refractivity contribution in [2.24, 2.45) is 0 Å². The van der Waals surface area contributed by atoms with Crippen LogP contribution in [0.25, 0.3) is 0 Å². The zero-order valence-corrected chi connectivity index (χ0v) is 11.9. The SMILES string of the molecule is O=C(CN1CSCCSC1)NCc1nccs1. The number of thioether (sulfide) groups is 2. The highest BCUT2D eigenvalue weighted by atomic mass is 32.2. The molecule has 0 saturated carbocycles. The summed E-state index contributed by atoms with van der Waals surface area (Å²) in [5.74, 6) is 4.36. The maximum absolute atomic E-state index is 11.7. The predicted molar refractivity (Wildman–Crippen MR) is 75.3 cm³/mol. The van der Waals surface area contributed by atoms with E-state index in [0.29, 0.717) is 13.1 Å². The summed E-state index contributed by atoms with van der Waals surface area (Å²) >= 11 is 5.36. The normalized spacial score (nSPS) is 17.6. The van der Waals surface area contributed by atoms with E-state index in [4.69, 9.17) is 0 Å². The third kappa shape index (κ3) is 4.87. The van der Waals surface area contributed by atoms with E-state index >= 15 is 0 Å². The smallest absolute Gasteiger partial charge is 0.234 e. The average molecular weight is 289 g/mol. The largest absolute Gasteiger partial charge is 0.348 e. The van der Waals surface area contributed by atoms with Crippen molar-refractivity contribution in [2.45, 2.75) is 6.54 Å². The lowest BCUT2D eigenvalue weighted by Gasteiger charge is -2.17. The molecule has 0 radical (unpaired) electrons. The maximum atomic E-state index is 11.7. The molecule has 4 nitrogen and oxygen atoms in total. The Morgan fingerprint density at radius 1 is 1.41 bits per heavy atom. The van der Waals surface area contributed by atoms with Crippen LogP contribution in [0, 0.1) is 0 Å². The minimum atomic E-state index is 0.0864. The number of rotatable bonds is 4. The lowest BCUT2D eigenvalue weighted by Crippen LogP contribution is -2.36. The first-order valence-corrected chi connectivity index (χ1v) is 8.56. The summed E-state index contributed by atoms with van der Waals surface area (Å²) in [6.45, 7) is 1.04. The Kier molecular flexibility index (Phi) is 5.63. The zero-order chi connectivity index (χ0) is 11.9. The van der Waals surface area contributed by atoms with Crippen molar-refractivity contribution in [3.63, 3.8) is 0 Å². The molecular weight excluding hydrogens is 274 g/mol. The molecule has 1 aliphatic heterocycles. The van der Waals surface area contributed by atoms with E-state index in [9.17, 15) is 4.79 Å². The number of amides is 1. The molecule has 1 aromatic heterocycles. The topological polar surface area (TPSA) is 45.2 Å². The van der Waals surface area contributed by atoms with E-state index in [-0.39, 0.29) is 5.91 Å². The standard InChI is InChI=1S/C10H15N3OS3/c14-9(12-5-10-11-1-2-17-10)6-13-7-15-3-4-16-8-13/h1-2H,3-8H2,(H,12,14). The summed E-state index contributed by atoms with van der Waals surface area (Å²) < 4.78 is 0. The van der Waals surface area contributed by atoms with Crippen molar-refractivity contribution in [2.75, 3.05) is 29.8 Å². The summed E-state index contributed by atoms with van der Waals surface area (Å²) in [5.41, 5.74) is 0. The first kappa shape index (κ1) is 13.2. The van der Waals surface area contributed by atoms with E-state index in [1.807, 2.05) is 28.9 Å². The Morgan fingerprint density at radius 3 is 2.82 bits per heavy atom. The first-order chi connectivity index (χ1) is 8.34. The zero-order valence-electron chi connectivity index (χ0n) is 9.42. The monoisotopic (exact) mass is 289 g/mol. The second kappa shape index (κ2) is 7.25. The molecule has 0 unspecified atom stereocenters. The molecule has 0 aromatic carbocycles. The third-order valence-corrected chi connectivity index (χ3v) is 5.33. The molecule has 0 atom stereocenters. The lowest BCUT2D eigenvalue weighted by molar-refractivity contribution is -0.122. The highest BCUT2D eigenvalue weighted by Gasteiger charge is 2.13. The molecule has 94 valence electrons. The lowest BCUT2D eigenvalue weighted by atomic mass is 10.5. The van der Waals surface area contributed by atoms with Gasteiger partial charge in [-0.1, -0.05) is 0 Å². The molecule has 0 spiro atoms. The first-order valence-electron chi connectivity index (χ1n) is 5.37. The van der Waals surface area contributed by atoms with Crippen LogP contribution in [0.1, 0.15) is 5.01 Å². The molecule has 1 amide bonds. The van der Waals surface area contributed by atoms with Gasteiger partial charge in [0.1, 0.15) is 5.01 Å². The Morgan fingerprint density at radius 2 is 2.18 bits per heavy atom. The molecule has 17 heavy (non-hydrogen) atoms. The van der Waals surface area contributed by atoms with Gasteiger partial charge >= 0.3 is 0 Å². The minimum Gasteiger partial charge on any atom is -0.348 e. The van der Waals surface area contributed by atoms with Gasteiger partial charge in [-0.15, -0.1) is 34.9 Å². The number of thiazole rings is 1. The van der Waals surface area contributed by atoms with Crippen LogP contribution in [0.2, 0.25) is 0 Å². The van der Waals surface area contributed by atoms with E-state index < -0.39 is 0 Å².